The van der Waals surface area contributed by atoms with E-state index in [9.17, 15) is 9.59 Å². The molecule has 0 bridgehead atoms. The molecule has 5 nitrogen and oxygen atoms in total. The first-order valence-electron chi connectivity index (χ1n) is 9.42. The summed E-state index contributed by atoms with van der Waals surface area (Å²) in [5, 5.41) is 0. The van der Waals surface area contributed by atoms with Gasteiger partial charge in [0.1, 0.15) is 11.5 Å². The van der Waals surface area contributed by atoms with Gasteiger partial charge in [-0.3, -0.25) is 0 Å². The number of aryl methyl sites for hydroxylation is 1. The van der Waals surface area contributed by atoms with Crippen LogP contribution in [0.4, 0.5) is 0 Å². The minimum absolute atomic E-state index is 0.217. The minimum atomic E-state index is -0.532. The maximum Gasteiger partial charge on any atom is 0.349 e. The first kappa shape index (κ1) is 21.6. The van der Waals surface area contributed by atoms with Crippen LogP contribution in [-0.2, 0) is 16.0 Å². The van der Waals surface area contributed by atoms with Crippen molar-refractivity contribution in [2.75, 3.05) is 13.2 Å². The molecular formula is C24H21BrO5. The summed E-state index contributed by atoms with van der Waals surface area (Å²) < 4.78 is 17.0. The molecule has 3 aromatic carbocycles. The van der Waals surface area contributed by atoms with Gasteiger partial charge in [0, 0.05) is 10.9 Å². The maximum atomic E-state index is 12.1. The summed E-state index contributed by atoms with van der Waals surface area (Å²) in [5.74, 6) is -0.00549. The van der Waals surface area contributed by atoms with Crippen molar-refractivity contribution in [1.82, 2.24) is 0 Å². The normalized spacial score (nSPS) is 10.3. The topological polar surface area (TPSA) is 61.8 Å². The van der Waals surface area contributed by atoms with Crippen molar-refractivity contribution < 1.29 is 23.8 Å². The highest BCUT2D eigenvalue weighted by Gasteiger charge is 2.11. The van der Waals surface area contributed by atoms with E-state index in [1.165, 1.54) is 0 Å². The molecule has 0 radical (unpaired) electrons. The van der Waals surface area contributed by atoms with E-state index in [1.807, 2.05) is 49.4 Å². The van der Waals surface area contributed by atoms with Gasteiger partial charge in [0.15, 0.2) is 6.61 Å². The van der Waals surface area contributed by atoms with E-state index in [4.69, 9.17) is 14.2 Å². The third kappa shape index (κ3) is 6.46. The summed E-state index contributed by atoms with van der Waals surface area (Å²) in [4.78, 5) is 24.1. The monoisotopic (exact) mass is 468 g/mol. The molecule has 0 N–H and O–H groups in total. The van der Waals surface area contributed by atoms with Crippen LogP contribution in [0.3, 0.4) is 0 Å². The number of ether oxygens (including phenoxy) is 3. The molecule has 154 valence electrons. The van der Waals surface area contributed by atoms with Crippen molar-refractivity contribution in [1.29, 1.82) is 0 Å². The van der Waals surface area contributed by atoms with E-state index >= 15 is 0 Å². The molecule has 30 heavy (non-hydrogen) atoms. The van der Waals surface area contributed by atoms with Crippen LogP contribution in [0.5, 0.6) is 11.5 Å². The third-order valence-corrected chi connectivity index (χ3v) is 4.76. The average molecular weight is 469 g/mol. The molecule has 0 saturated carbocycles. The summed E-state index contributed by atoms with van der Waals surface area (Å²) in [5.41, 5.74) is 2.41. The molecular weight excluding hydrogens is 448 g/mol. The smallest absolute Gasteiger partial charge is 0.349 e. The molecule has 0 aliphatic heterocycles. The van der Waals surface area contributed by atoms with Crippen molar-refractivity contribution in [3.8, 4) is 11.5 Å². The van der Waals surface area contributed by atoms with Crippen molar-refractivity contribution in [2.45, 2.75) is 13.3 Å². The van der Waals surface area contributed by atoms with E-state index < -0.39 is 11.9 Å². The van der Waals surface area contributed by atoms with Crippen LogP contribution < -0.4 is 9.47 Å². The molecule has 0 amide bonds. The summed E-state index contributed by atoms with van der Waals surface area (Å²) in [6, 6.07) is 21.6. The molecule has 0 heterocycles. The van der Waals surface area contributed by atoms with Crippen LogP contribution in [0.1, 0.15) is 21.5 Å². The number of carbonyl (C=O) groups is 2. The Morgan fingerprint density at radius 2 is 1.67 bits per heavy atom. The zero-order chi connectivity index (χ0) is 21.3. The molecule has 3 rings (SSSR count). The number of carbonyl (C=O) groups excluding carboxylic acids is 2. The quantitative estimate of drug-likeness (QED) is 0.338. The van der Waals surface area contributed by atoms with Crippen LogP contribution in [0, 0.1) is 6.92 Å². The number of benzene rings is 3. The van der Waals surface area contributed by atoms with Crippen LogP contribution in [-0.4, -0.2) is 25.2 Å². The van der Waals surface area contributed by atoms with Crippen molar-refractivity contribution >= 4 is 27.9 Å². The Hall–Kier alpha value is -3.12. The lowest BCUT2D eigenvalue weighted by atomic mass is 10.2. The number of hydrogen-bond donors (Lipinski definition) is 0. The molecule has 0 aromatic heterocycles. The first-order chi connectivity index (χ1) is 14.5. The second kappa shape index (κ2) is 10.6. The highest BCUT2D eigenvalue weighted by molar-refractivity contribution is 9.10. The largest absolute Gasteiger partial charge is 0.482 e. The lowest BCUT2D eigenvalue weighted by Crippen LogP contribution is -2.18. The lowest BCUT2D eigenvalue weighted by molar-refractivity contribution is -0.136. The molecule has 0 unspecified atom stereocenters. The second-order valence-electron chi connectivity index (χ2n) is 6.57. The van der Waals surface area contributed by atoms with Crippen molar-refractivity contribution in [3.05, 3.63) is 94.0 Å². The maximum absolute atomic E-state index is 12.1. The third-order valence-electron chi connectivity index (χ3n) is 4.27. The Bertz CT molecular complexity index is 1000. The van der Waals surface area contributed by atoms with Gasteiger partial charge in [-0.15, -0.1) is 0 Å². The summed E-state index contributed by atoms with van der Waals surface area (Å²) in [6.07, 6.45) is 0.653. The standard InChI is InChI=1S/C24H21BrO5/c1-17-15-20(25)9-12-22(17)29-16-23(26)30-21-10-7-19(8-11-21)24(27)28-14-13-18-5-3-2-4-6-18/h2-12,15H,13-14,16H2,1H3. The molecule has 0 atom stereocenters. The Balaban J connectivity index is 1.45. The van der Waals surface area contributed by atoms with Gasteiger partial charge in [-0.25, -0.2) is 9.59 Å². The van der Waals surface area contributed by atoms with Gasteiger partial charge in [0.2, 0.25) is 0 Å². The number of rotatable bonds is 8. The van der Waals surface area contributed by atoms with Crippen LogP contribution in [0.15, 0.2) is 77.3 Å². The number of hydrogen-bond acceptors (Lipinski definition) is 5. The molecule has 6 heteroatoms. The Kier molecular flexibility index (Phi) is 7.63. The average Bonchev–Trinajstić information content (AvgIpc) is 2.74. The van der Waals surface area contributed by atoms with Crippen LogP contribution in [0.25, 0.3) is 0 Å². The summed E-state index contributed by atoms with van der Waals surface area (Å²) in [6.45, 7) is 1.97. The van der Waals surface area contributed by atoms with Gasteiger partial charge in [0.25, 0.3) is 0 Å². The SMILES string of the molecule is Cc1cc(Br)ccc1OCC(=O)Oc1ccc(C(=O)OCCc2ccccc2)cc1. The number of esters is 2. The van der Waals surface area contributed by atoms with Crippen molar-refractivity contribution in [2.24, 2.45) is 0 Å². The highest BCUT2D eigenvalue weighted by atomic mass is 79.9. The second-order valence-corrected chi connectivity index (χ2v) is 7.48. The van der Waals surface area contributed by atoms with Crippen LogP contribution in [0.2, 0.25) is 0 Å². The molecule has 0 saturated heterocycles. The first-order valence-corrected chi connectivity index (χ1v) is 10.2. The predicted molar refractivity (Wildman–Crippen MR) is 117 cm³/mol. The van der Waals surface area contributed by atoms with Gasteiger partial charge in [-0.2, -0.15) is 0 Å². The van der Waals surface area contributed by atoms with Gasteiger partial charge in [-0.1, -0.05) is 46.3 Å². The molecule has 0 aliphatic carbocycles. The zero-order valence-corrected chi connectivity index (χ0v) is 18.1. The predicted octanol–water partition coefficient (Wildman–Crippen LogP) is 5.14. The highest BCUT2D eigenvalue weighted by Crippen LogP contribution is 2.22. The Labute approximate surface area is 183 Å². The van der Waals surface area contributed by atoms with E-state index in [1.54, 1.807) is 30.3 Å². The Morgan fingerprint density at radius 3 is 2.37 bits per heavy atom. The number of halogens is 1. The van der Waals surface area contributed by atoms with Gasteiger partial charge in [-0.05, 0) is 60.5 Å². The van der Waals surface area contributed by atoms with Gasteiger partial charge in [0.05, 0.1) is 12.2 Å². The van der Waals surface area contributed by atoms with E-state index in [0.717, 1.165) is 15.6 Å². The minimum Gasteiger partial charge on any atom is -0.482 e. The fourth-order valence-electron chi connectivity index (χ4n) is 2.72. The summed E-state index contributed by atoms with van der Waals surface area (Å²) in [7, 11) is 0. The van der Waals surface area contributed by atoms with Gasteiger partial charge >= 0.3 is 11.9 Å². The molecule has 0 fully saturated rings. The molecule has 0 aliphatic rings. The Morgan fingerprint density at radius 1 is 0.933 bits per heavy atom. The van der Waals surface area contributed by atoms with Gasteiger partial charge < -0.3 is 14.2 Å². The lowest BCUT2D eigenvalue weighted by Gasteiger charge is -2.10. The van der Waals surface area contributed by atoms with Crippen molar-refractivity contribution in [3.63, 3.8) is 0 Å². The van der Waals surface area contributed by atoms with E-state index in [0.29, 0.717) is 30.1 Å². The fraction of sp³-hybridized carbons (Fsp3) is 0.167. The van der Waals surface area contributed by atoms with E-state index in [2.05, 4.69) is 15.9 Å². The van der Waals surface area contributed by atoms with Crippen LogP contribution >= 0.6 is 15.9 Å². The van der Waals surface area contributed by atoms with E-state index in [-0.39, 0.29) is 6.61 Å². The fourth-order valence-corrected chi connectivity index (χ4v) is 3.20. The molecule has 0 spiro atoms. The zero-order valence-electron chi connectivity index (χ0n) is 16.5. The molecule has 3 aromatic rings. The summed E-state index contributed by atoms with van der Waals surface area (Å²) >= 11 is 3.38.